The molecule has 0 aliphatic rings. The number of methoxy groups -OCH3 is 2. The van der Waals surface area contributed by atoms with Gasteiger partial charge in [0.1, 0.15) is 0 Å². The second kappa shape index (κ2) is 10.6. The van der Waals surface area contributed by atoms with Crippen LogP contribution in [0.5, 0.6) is 11.5 Å². The number of hydrazone groups is 1. The normalized spacial score (nSPS) is 12.4. The molecule has 2 aromatic carbocycles. The van der Waals surface area contributed by atoms with Gasteiger partial charge in [0.15, 0.2) is 11.5 Å². The average molecular weight is 387 g/mol. The molecule has 1 unspecified atom stereocenters. The summed E-state index contributed by atoms with van der Waals surface area (Å²) in [6.07, 6.45) is 0.682. The number of carbonyl (C=O) groups is 1. The lowest BCUT2D eigenvalue weighted by molar-refractivity contribution is -0.120. The number of thioether (sulfide) groups is 1. The van der Waals surface area contributed by atoms with Crippen LogP contribution in [0.25, 0.3) is 0 Å². The Labute approximate surface area is 165 Å². The lowest BCUT2D eigenvalue weighted by atomic mass is 10.1. The van der Waals surface area contributed by atoms with Crippen molar-refractivity contribution in [2.45, 2.75) is 31.3 Å². The van der Waals surface area contributed by atoms with Crippen LogP contribution >= 0.6 is 11.8 Å². The minimum absolute atomic E-state index is 0.109. The van der Waals surface area contributed by atoms with Crippen molar-refractivity contribution in [1.82, 2.24) is 5.43 Å². The first-order chi connectivity index (χ1) is 13.1. The van der Waals surface area contributed by atoms with Crippen LogP contribution in [0.1, 0.15) is 31.4 Å². The lowest BCUT2D eigenvalue weighted by Gasteiger charge is -2.12. The predicted molar refractivity (Wildman–Crippen MR) is 112 cm³/mol. The molecule has 6 heteroatoms. The zero-order chi connectivity index (χ0) is 19.6. The summed E-state index contributed by atoms with van der Waals surface area (Å²) in [5.41, 5.74) is 5.56. The Balaban J connectivity index is 2.00. The summed E-state index contributed by atoms with van der Waals surface area (Å²) in [6, 6.07) is 15.7. The molecule has 0 fully saturated rings. The van der Waals surface area contributed by atoms with Gasteiger partial charge >= 0.3 is 0 Å². The molecule has 144 valence electrons. The number of nitrogens with zero attached hydrogens (tertiary/aromatic N) is 1. The summed E-state index contributed by atoms with van der Waals surface area (Å²) in [6.45, 7) is 3.88. The molecule has 0 bridgehead atoms. The Bertz CT molecular complexity index is 778. The summed E-state index contributed by atoms with van der Waals surface area (Å²) in [5.74, 6) is 1.97. The average Bonchev–Trinajstić information content (AvgIpc) is 2.72. The maximum atomic E-state index is 12.4. The second-order valence-electron chi connectivity index (χ2n) is 5.90. The highest BCUT2D eigenvalue weighted by Crippen LogP contribution is 2.28. The van der Waals surface area contributed by atoms with Crippen molar-refractivity contribution in [1.29, 1.82) is 0 Å². The molecule has 27 heavy (non-hydrogen) atoms. The van der Waals surface area contributed by atoms with Crippen molar-refractivity contribution in [3.05, 3.63) is 59.7 Å². The molecule has 2 rings (SSSR count). The number of hydrogen-bond donors (Lipinski definition) is 1. The van der Waals surface area contributed by atoms with E-state index < -0.39 is 0 Å². The molecule has 0 spiro atoms. The minimum atomic E-state index is -0.197. The Hall–Kier alpha value is -2.47. The molecule has 1 N–H and O–H groups in total. The lowest BCUT2D eigenvalue weighted by Crippen LogP contribution is -2.28. The zero-order valence-electron chi connectivity index (χ0n) is 16.2. The van der Waals surface area contributed by atoms with Crippen LogP contribution in [-0.2, 0) is 10.5 Å². The molecule has 0 aromatic heterocycles. The van der Waals surface area contributed by atoms with E-state index in [9.17, 15) is 4.79 Å². The van der Waals surface area contributed by atoms with Crippen molar-refractivity contribution < 1.29 is 14.3 Å². The molecule has 1 amide bonds. The first-order valence-electron chi connectivity index (χ1n) is 8.83. The number of carbonyl (C=O) groups excluding carboxylic acids is 1. The Kier molecular flexibility index (Phi) is 8.20. The zero-order valence-corrected chi connectivity index (χ0v) is 17.0. The SMILES string of the molecule is CC/C(=N\NC(=O)C(C)SCc1ccccc1)c1ccc(OC)c(OC)c1. The maximum absolute atomic E-state index is 12.4. The summed E-state index contributed by atoms with van der Waals surface area (Å²) >= 11 is 1.59. The standard InChI is InChI=1S/C21H26N2O3S/c1-5-18(17-11-12-19(25-3)20(13-17)26-4)22-23-21(24)15(2)27-14-16-9-7-6-8-10-16/h6-13,15H,5,14H2,1-4H3,(H,23,24)/b22-18+. The van der Waals surface area contributed by atoms with Crippen molar-refractivity contribution in [2.75, 3.05) is 14.2 Å². The van der Waals surface area contributed by atoms with Gasteiger partial charge in [0.2, 0.25) is 0 Å². The fraction of sp³-hybridized carbons (Fsp3) is 0.333. The van der Waals surface area contributed by atoms with E-state index in [2.05, 4.69) is 22.7 Å². The highest BCUT2D eigenvalue weighted by atomic mass is 32.2. The number of hydrogen-bond acceptors (Lipinski definition) is 5. The van der Waals surface area contributed by atoms with Crippen LogP contribution in [0.3, 0.4) is 0 Å². The predicted octanol–water partition coefficient (Wildman–Crippen LogP) is 4.26. The smallest absolute Gasteiger partial charge is 0.252 e. The van der Waals surface area contributed by atoms with Gasteiger partial charge in [-0.05, 0) is 37.1 Å². The van der Waals surface area contributed by atoms with E-state index >= 15 is 0 Å². The topological polar surface area (TPSA) is 59.9 Å². The van der Waals surface area contributed by atoms with Crippen LogP contribution in [0, 0.1) is 0 Å². The molecule has 1 atom stereocenters. The Morgan fingerprint density at radius 2 is 1.81 bits per heavy atom. The first kappa shape index (κ1) is 20.8. The van der Waals surface area contributed by atoms with Crippen molar-refractivity contribution in [3.8, 4) is 11.5 Å². The van der Waals surface area contributed by atoms with E-state index in [0.717, 1.165) is 17.0 Å². The van der Waals surface area contributed by atoms with Crippen LogP contribution < -0.4 is 14.9 Å². The molecular formula is C21H26N2O3S. The van der Waals surface area contributed by atoms with Gasteiger partial charge in [-0.25, -0.2) is 5.43 Å². The van der Waals surface area contributed by atoms with Gasteiger partial charge in [-0.15, -0.1) is 11.8 Å². The third-order valence-corrected chi connectivity index (χ3v) is 5.28. The van der Waals surface area contributed by atoms with E-state index in [4.69, 9.17) is 9.47 Å². The largest absolute Gasteiger partial charge is 0.493 e. The van der Waals surface area contributed by atoms with E-state index in [0.29, 0.717) is 17.9 Å². The number of benzene rings is 2. The first-order valence-corrected chi connectivity index (χ1v) is 9.88. The molecule has 2 aromatic rings. The number of rotatable bonds is 9. The highest BCUT2D eigenvalue weighted by molar-refractivity contribution is 7.99. The van der Waals surface area contributed by atoms with Gasteiger partial charge in [0, 0.05) is 11.3 Å². The number of amides is 1. The van der Waals surface area contributed by atoms with Crippen molar-refractivity contribution in [3.63, 3.8) is 0 Å². The molecule has 0 heterocycles. The van der Waals surface area contributed by atoms with Crippen LogP contribution in [0.4, 0.5) is 0 Å². The molecule has 0 saturated heterocycles. The van der Waals surface area contributed by atoms with Gasteiger partial charge in [-0.2, -0.15) is 5.10 Å². The van der Waals surface area contributed by atoms with Gasteiger partial charge in [0.05, 0.1) is 25.2 Å². The van der Waals surface area contributed by atoms with Gasteiger partial charge in [-0.1, -0.05) is 37.3 Å². The monoisotopic (exact) mass is 386 g/mol. The third-order valence-electron chi connectivity index (χ3n) is 4.06. The van der Waals surface area contributed by atoms with Crippen LogP contribution in [-0.4, -0.2) is 31.1 Å². The molecule has 0 aliphatic carbocycles. The minimum Gasteiger partial charge on any atom is -0.493 e. The van der Waals surface area contributed by atoms with Crippen molar-refractivity contribution in [2.24, 2.45) is 5.10 Å². The quantitative estimate of drug-likeness (QED) is 0.517. The van der Waals surface area contributed by atoms with E-state index in [1.165, 1.54) is 5.56 Å². The molecule has 0 aliphatic heterocycles. The van der Waals surface area contributed by atoms with Gasteiger partial charge in [0.25, 0.3) is 5.91 Å². The van der Waals surface area contributed by atoms with E-state index in [1.54, 1.807) is 26.0 Å². The molecule has 5 nitrogen and oxygen atoms in total. The summed E-state index contributed by atoms with van der Waals surface area (Å²) in [7, 11) is 3.19. The summed E-state index contributed by atoms with van der Waals surface area (Å²) in [4.78, 5) is 12.4. The van der Waals surface area contributed by atoms with Crippen LogP contribution in [0.15, 0.2) is 53.6 Å². The van der Waals surface area contributed by atoms with Gasteiger partial charge in [-0.3, -0.25) is 4.79 Å². The molecule has 0 saturated carbocycles. The number of nitrogens with one attached hydrogen (secondary N) is 1. The highest BCUT2D eigenvalue weighted by Gasteiger charge is 2.14. The van der Waals surface area contributed by atoms with E-state index in [1.807, 2.05) is 50.2 Å². The fourth-order valence-electron chi connectivity index (χ4n) is 2.45. The van der Waals surface area contributed by atoms with E-state index in [-0.39, 0.29) is 11.2 Å². The Morgan fingerprint density at radius 1 is 1.11 bits per heavy atom. The van der Waals surface area contributed by atoms with Crippen LogP contribution in [0.2, 0.25) is 0 Å². The third kappa shape index (κ3) is 6.03. The second-order valence-corrected chi connectivity index (χ2v) is 7.23. The maximum Gasteiger partial charge on any atom is 0.252 e. The summed E-state index contributed by atoms with van der Waals surface area (Å²) < 4.78 is 10.6. The molecule has 0 radical (unpaired) electrons. The molecular weight excluding hydrogens is 360 g/mol. The fourth-order valence-corrected chi connectivity index (χ4v) is 3.29. The van der Waals surface area contributed by atoms with Crippen molar-refractivity contribution >= 4 is 23.4 Å². The Morgan fingerprint density at radius 3 is 2.44 bits per heavy atom. The number of ether oxygens (including phenoxy) is 2. The summed E-state index contributed by atoms with van der Waals surface area (Å²) in [5, 5.41) is 4.13. The van der Waals surface area contributed by atoms with Gasteiger partial charge < -0.3 is 9.47 Å².